The molecule has 0 radical (unpaired) electrons. The maximum Gasteiger partial charge on any atom is 0.338 e. The first-order chi connectivity index (χ1) is 17.2. The van der Waals surface area contributed by atoms with Gasteiger partial charge < -0.3 is 4.74 Å². The molecule has 1 aromatic carbocycles. The molecule has 4 aliphatic carbocycles. The van der Waals surface area contributed by atoms with E-state index in [9.17, 15) is 4.79 Å². The van der Waals surface area contributed by atoms with Gasteiger partial charge in [0.15, 0.2) is 0 Å². The molecule has 4 aliphatic rings. The topological polar surface area (TPSA) is 26.3 Å². The first-order valence-corrected chi connectivity index (χ1v) is 14.9. The van der Waals surface area contributed by atoms with Gasteiger partial charge in [0.1, 0.15) is 6.10 Å². The molecular formula is C34H48O2. The van der Waals surface area contributed by atoms with Gasteiger partial charge in [0, 0.05) is 0 Å². The Hall–Kier alpha value is -1.83. The van der Waals surface area contributed by atoms with Gasteiger partial charge in [-0.3, -0.25) is 0 Å². The zero-order valence-electron chi connectivity index (χ0n) is 23.4. The number of carbonyl (C=O) groups excluding carboxylic acids is 1. The summed E-state index contributed by atoms with van der Waals surface area (Å²) in [4.78, 5) is 12.7. The molecule has 36 heavy (non-hydrogen) atoms. The highest BCUT2D eigenvalue weighted by Gasteiger charge is 2.55. The zero-order chi connectivity index (χ0) is 25.5. The maximum absolute atomic E-state index is 12.7. The van der Waals surface area contributed by atoms with E-state index in [0.29, 0.717) is 28.2 Å². The van der Waals surface area contributed by atoms with Crippen molar-refractivity contribution >= 4 is 5.97 Å². The Balaban J connectivity index is 1.26. The van der Waals surface area contributed by atoms with Crippen molar-refractivity contribution < 1.29 is 9.53 Å². The third-order valence-corrected chi connectivity index (χ3v) is 11.0. The van der Waals surface area contributed by atoms with Crippen molar-refractivity contribution in [2.45, 2.75) is 105 Å². The molecule has 5 rings (SSSR count). The third kappa shape index (κ3) is 4.63. The Morgan fingerprint density at radius 2 is 1.78 bits per heavy atom. The molecule has 2 saturated carbocycles. The van der Waals surface area contributed by atoms with Gasteiger partial charge in [-0.25, -0.2) is 4.79 Å². The van der Waals surface area contributed by atoms with Crippen LogP contribution < -0.4 is 0 Å². The monoisotopic (exact) mass is 488 g/mol. The Morgan fingerprint density at radius 3 is 2.53 bits per heavy atom. The number of carbonyl (C=O) groups is 1. The lowest BCUT2D eigenvalue weighted by Gasteiger charge is -2.56. The lowest BCUT2D eigenvalue weighted by Crippen LogP contribution is -2.48. The van der Waals surface area contributed by atoms with E-state index in [1.54, 1.807) is 11.1 Å². The molecule has 0 heterocycles. The smallest absolute Gasteiger partial charge is 0.338 e. The van der Waals surface area contributed by atoms with Crippen LogP contribution in [0.3, 0.4) is 0 Å². The van der Waals surface area contributed by atoms with Crippen LogP contribution >= 0.6 is 0 Å². The summed E-state index contributed by atoms with van der Waals surface area (Å²) in [6.45, 7) is 12.4. The fourth-order valence-electron chi connectivity index (χ4n) is 8.71. The molecule has 1 aromatic rings. The van der Waals surface area contributed by atoms with Crippen molar-refractivity contribution in [2.24, 2.45) is 40.4 Å². The zero-order valence-corrected chi connectivity index (χ0v) is 23.4. The molecule has 0 unspecified atom stereocenters. The summed E-state index contributed by atoms with van der Waals surface area (Å²) in [5.74, 6) is 3.57. The fraction of sp³-hybridized carbons (Fsp3) is 0.676. The van der Waals surface area contributed by atoms with Gasteiger partial charge in [-0.1, -0.05) is 84.2 Å². The van der Waals surface area contributed by atoms with Crippen LogP contribution in [0.5, 0.6) is 0 Å². The van der Waals surface area contributed by atoms with Crippen LogP contribution in [-0.4, -0.2) is 12.1 Å². The summed E-state index contributed by atoms with van der Waals surface area (Å²) in [5.41, 5.74) is 4.80. The van der Waals surface area contributed by atoms with Crippen LogP contribution in [0, 0.1) is 40.4 Å². The number of hydrogen-bond donors (Lipinski definition) is 0. The van der Waals surface area contributed by atoms with Gasteiger partial charge in [-0.05, 0) is 109 Å². The summed E-state index contributed by atoms with van der Waals surface area (Å²) in [6.07, 6.45) is 17.7. The van der Waals surface area contributed by atoms with Crippen LogP contribution in [0.1, 0.15) is 109 Å². The molecule has 0 spiro atoms. The number of esters is 1. The molecule has 0 saturated heterocycles. The minimum Gasteiger partial charge on any atom is -0.459 e. The Morgan fingerprint density at radius 1 is 1.00 bits per heavy atom. The summed E-state index contributed by atoms with van der Waals surface area (Å²) in [5, 5.41) is 0. The Labute approximate surface area is 220 Å². The van der Waals surface area contributed by atoms with E-state index in [1.165, 1.54) is 44.9 Å². The quantitative estimate of drug-likeness (QED) is 0.358. The van der Waals surface area contributed by atoms with Crippen molar-refractivity contribution in [2.75, 3.05) is 0 Å². The number of hydrogen-bond acceptors (Lipinski definition) is 2. The fourth-order valence-corrected chi connectivity index (χ4v) is 8.71. The molecule has 0 N–H and O–H groups in total. The van der Waals surface area contributed by atoms with Crippen molar-refractivity contribution in [3.05, 3.63) is 59.2 Å². The molecule has 196 valence electrons. The van der Waals surface area contributed by atoms with E-state index in [1.807, 2.05) is 30.3 Å². The highest BCUT2D eigenvalue weighted by atomic mass is 16.5. The number of benzene rings is 1. The maximum atomic E-state index is 12.7. The van der Waals surface area contributed by atoms with Crippen molar-refractivity contribution in [1.29, 1.82) is 0 Å². The lowest BCUT2D eigenvalue weighted by molar-refractivity contribution is -0.0409. The highest BCUT2D eigenvalue weighted by molar-refractivity contribution is 5.89. The Kier molecular flexibility index (Phi) is 7.27. The standard InChI is InChI=1S/C34H48O2/c1-23(2)10-9-11-24(3)29-16-17-30-28-15-14-26-22-27(36-32(35)25-12-7-6-8-13-25)18-20-33(26,4)31(28)19-21-34(29,30)5/h6-8,12-13,15,17,23-24,26-27,29,31H,9-11,14,16,18-22H2,1-5H3/t24-,26-,27-,29-,31+,33-,34+/m0/s1. The van der Waals surface area contributed by atoms with Gasteiger partial charge in [0.25, 0.3) is 0 Å². The van der Waals surface area contributed by atoms with Crippen LogP contribution in [0.4, 0.5) is 0 Å². The minimum atomic E-state index is -0.158. The van der Waals surface area contributed by atoms with Gasteiger partial charge in [-0.2, -0.15) is 0 Å². The van der Waals surface area contributed by atoms with Gasteiger partial charge >= 0.3 is 5.97 Å². The number of fused-ring (bicyclic) bond motifs is 5. The Bertz CT molecular complexity index is 1000. The van der Waals surface area contributed by atoms with E-state index in [2.05, 4.69) is 46.8 Å². The largest absolute Gasteiger partial charge is 0.459 e. The van der Waals surface area contributed by atoms with Gasteiger partial charge in [0.2, 0.25) is 0 Å². The molecule has 2 fully saturated rings. The van der Waals surface area contributed by atoms with E-state index in [-0.39, 0.29) is 12.1 Å². The van der Waals surface area contributed by atoms with Gasteiger partial charge in [0.05, 0.1) is 5.56 Å². The molecule has 2 nitrogen and oxygen atoms in total. The van der Waals surface area contributed by atoms with E-state index in [0.717, 1.165) is 37.0 Å². The molecule has 0 amide bonds. The van der Waals surface area contributed by atoms with Crippen LogP contribution in [-0.2, 0) is 4.74 Å². The van der Waals surface area contributed by atoms with Crippen molar-refractivity contribution in [1.82, 2.24) is 0 Å². The minimum absolute atomic E-state index is 0.0568. The molecule has 2 heteroatoms. The molecule has 0 bridgehead atoms. The van der Waals surface area contributed by atoms with E-state index >= 15 is 0 Å². The number of rotatable bonds is 7. The predicted molar refractivity (Wildman–Crippen MR) is 149 cm³/mol. The molecular weight excluding hydrogens is 440 g/mol. The number of allylic oxidation sites excluding steroid dienone is 4. The van der Waals surface area contributed by atoms with Crippen LogP contribution in [0.2, 0.25) is 0 Å². The van der Waals surface area contributed by atoms with Gasteiger partial charge in [-0.15, -0.1) is 0 Å². The van der Waals surface area contributed by atoms with Crippen molar-refractivity contribution in [3.8, 4) is 0 Å². The van der Waals surface area contributed by atoms with E-state index < -0.39 is 0 Å². The second-order valence-electron chi connectivity index (χ2n) is 13.5. The SMILES string of the molecule is CC(C)CCC[C@H](C)[C@@H]1CC=C2C3=CC[C@H]4C[C@@H](OC(=O)c5ccccc5)CC[C@]4(C)[C@@H]3CC[C@@]21C. The summed E-state index contributed by atoms with van der Waals surface area (Å²) >= 11 is 0. The number of ether oxygens (including phenoxy) is 1. The normalized spacial score (nSPS) is 36.3. The summed E-state index contributed by atoms with van der Waals surface area (Å²) < 4.78 is 6.01. The summed E-state index contributed by atoms with van der Waals surface area (Å²) in [7, 11) is 0. The first-order valence-electron chi connectivity index (χ1n) is 14.9. The second kappa shape index (κ2) is 10.1. The molecule has 0 aliphatic heterocycles. The predicted octanol–water partition coefficient (Wildman–Crippen LogP) is 9.17. The average Bonchev–Trinajstić information content (AvgIpc) is 3.22. The lowest BCUT2D eigenvalue weighted by atomic mass is 9.48. The molecule has 0 aromatic heterocycles. The average molecular weight is 489 g/mol. The molecule has 7 atom stereocenters. The second-order valence-corrected chi connectivity index (χ2v) is 13.5. The highest BCUT2D eigenvalue weighted by Crippen LogP contribution is 2.65. The van der Waals surface area contributed by atoms with Crippen molar-refractivity contribution in [3.63, 3.8) is 0 Å². The summed E-state index contributed by atoms with van der Waals surface area (Å²) in [6, 6.07) is 9.48. The van der Waals surface area contributed by atoms with E-state index in [4.69, 9.17) is 4.74 Å². The third-order valence-electron chi connectivity index (χ3n) is 11.0. The first kappa shape index (κ1) is 25.8. The van der Waals surface area contributed by atoms with Crippen LogP contribution in [0.15, 0.2) is 53.6 Å². The van der Waals surface area contributed by atoms with Crippen LogP contribution in [0.25, 0.3) is 0 Å².